The van der Waals surface area contributed by atoms with Crippen molar-refractivity contribution in [2.75, 3.05) is 0 Å². The van der Waals surface area contributed by atoms with Crippen LogP contribution < -0.4 is 15.9 Å². The van der Waals surface area contributed by atoms with Crippen molar-refractivity contribution < 1.29 is 4.74 Å². The fourth-order valence-electron chi connectivity index (χ4n) is 5.72. The Labute approximate surface area is 248 Å². The maximum Gasteiger partial charge on any atom is 0.218 e. The van der Waals surface area contributed by atoms with Gasteiger partial charge in [-0.2, -0.15) is 0 Å². The zero-order valence-electron chi connectivity index (χ0n) is 23.1. The molecule has 7 rings (SSSR count). The number of hydrogen-bond donors (Lipinski definition) is 0. The molecule has 1 aliphatic rings. The summed E-state index contributed by atoms with van der Waals surface area (Å²) in [5, 5.41) is 3.97. The molecule has 0 aliphatic carbocycles. The van der Waals surface area contributed by atoms with Crippen LogP contribution in [0.2, 0.25) is 0 Å². The Morgan fingerprint density at radius 1 is 0.429 bits per heavy atom. The Kier molecular flexibility index (Phi) is 7.46. The predicted octanol–water partition coefficient (Wildman–Crippen LogP) is 8.37. The molecule has 0 amide bonds. The van der Waals surface area contributed by atoms with E-state index < -0.39 is 7.92 Å². The van der Waals surface area contributed by atoms with Crippen LogP contribution in [0.3, 0.4) is 0 Å². The average molecular weight is 560 g/mol. The second-order valence-electron chi connectivity index (χ2n) is 10.3. The van der Waals surface area contributed by atoms with E-state index in [1.165, 1.54) is 21.5 Å². The van der Waals surface area contributed by atoms with Gasteiger partial charge in [-0.25, -0.2) is 4.99 Å². The molecule has 42 heavy (non-hydrogen) atoms. The molecule has 0 spiro atoms. The van der Waals surface area contributed by atoms with Crippen LogP contribution >= 0.6 is 7.92 Å². The first kappa shape index (κ1) is 26.1. The molecule has 1 heterocycles. The van der Waals surface area contributed by atoms with Crippen molar-refractivity contribution in [3.63, 3.8) is 0 Å². The van der Waals surface area contributed by atoms with Gasteiger partial charge < -0.3 is 4.74 Å². The van der Waals surface area contributed by atoms with Crippen LogP contribution in [0, 0.1) is 0 Å². The maximum absolute atomic E-state index is 6.79. The summed E-state index contributed by atoms with van der Waals surface area (Å²) in [6.45, 7) is 0. The maximum atomic E-state index is 6.79. The number of hydrogen-bond acceptors (Lipinski definition) is 2. The average Bonchev–Trinajstić information content (AvgIpc) is 3.53. The van der Waals surface area contributed by atoms with Gasteiger partial charge in [-0.1, -0.05) is 164 Å². The first-order chi connectivity index (χ1) is 20.9. The number of aliphatic imine (C=N–C) groups is 1. The van der Waals surface area contributed by atoms with E-state index in [4.69, 9.17) is 9.73 Å². The predicted molar refractivity (Wildman–Crippen MR) is 177 cm³/mol. The van der Waals surface area contributed by atoms with Gasteiger partial charge in [0.25, 0.3) is 0 Å². The SMILES string of the molecule is c1ccc([C@H]2OC(c3ccccc3-c3ccccc3P(c3ccccc3)c3ccccc3)=N[C@H]2c2ccccc2)cc1. The summed E-state index contributed by atoms with van der Waals surface area (Å²) in [4.78, 5) is 5.26. The van der Waals surface area contributed by atoms with E-state index in [1.807, 2.05) is 12.1 Å². The van der Waals surface area contributed by atoms with Crippen molar-refractivity contribution in [2.24, 2.45) is 4.99 Å². The fourth-order valence-corrected chi connectivity index (χ4v) is 8.18. The molecule has 202 valence electrons. The quantitative estimate of drug-likeness (QED) is 0.180. The van der Waals surface area contributed by atoms with Gasteiger partial charge in [0.15, 0.2) is 6.10 Å². The molecule has 0 aromatic heterocycles. The third-order valence-electron chi connectivity index (χ3n) is 7.67. The lowest BCUT2D eigenvalue weighted by Crippen LogP contribution is -2.22. The van der Waals surface area contributed by atoms with Gasteiger partial charge in [-0.3, -0.25) is 0 Å². The largest absolute Gasteiger partial charge is 0.467 e. The molecular weight excluding hydrogens is 529 g/mol. The van der Waals surface area contributed by atoms with E-state index in [1.54, 1.807) is 0 Å². The van der Waals surface area contributed by atoms with Crippen LogP contribution in [0.5, 0.6) is 0 Å². The molecule has 6 aromatic rings. The lowest BCUT2D eigenvalue weighted by molar-refractivity contribution is 0.197. The highest BCUT2D eigenvalue weighted by Gasteiger charge is 2.35. The number of nitrogens with zero attached hydrogens (tertiary/aromatic N) is 1. The molecule has 0 saturated heterocycles. The topological polar surface area (TPSA) is 21.6 Å². The second kappa shape index (κ2) is 12.0. The fraction of sp³-hybridized carbons (Fsp3) is 0.0513. The second-order valence-corrected chi connectivity index (χ2v) is 12.5. The van der Waals surface area contributed by atoms with Crippen LogP contribution in [0.15, 0.2) is 175 Å². The third kappa shape index (κ3) is 5.18. The summed E-state index contributed by atoms with van der Waals surface area (Å²) in [5.41, 5.74) is 5.63. The molecule has 2 nitrogen and oxygen atoms in total. The standard InChI is InChI=1S/C39H30NOP/c1-5-17-29(18-6-1)37-38(30-19-7-2-8-20-30)41-39(40-37)35-27-14-13-25-33(35)34-26-15-16-28-36(34)42(31-21-9-3-10-22-31)32-23-11-4-12-24-32/h1-28,37-38H/t37-,38+/m0/s1. The van der Waals surface area contributed by atoms with Gasteiger partial charge in [0, 0.05) is 5.56 Å². The summed E-state index contributed by atoms with van der Waals surface area (Å²) < 4.78 is 6.79. The van der Waals surface area contributed by atoms with Crippen LogP contribution in [0.25, 0.3) is 11.1 Å². The summed E-state index contributed by atoms with van der Waals surface area (Å²) in [5.74, 6) is 0.687. The molecule has 0 unspecified atom stereocenters. The van der Waals surface area contributed by atoms with Crippen molar-refractivity contribution in [3.05, 3.63) is 187 Å². The van der Waals surface area contributed by atoms with Gasteiger partial charge in [0.2, 0.25) is 5.90 Å². The minimum Gasteiger partial charge on any atom is -0.467 e. The molecule has 0 saturated carbocycles. The normalized spacial score (nSPS) is 16.2. The third-order valence-corrected chi connectivity index (χ3v) is 10.2. The molecule has 0 bridgehead atoms. The molecule has 3 heteroatoms. The number of ether oxygens (including phenoxy) is 1. The van der Waals surface area contributed by atoms with E-state index in [0.29, 0.717) is 5.90 Å². The van der Waals surface area contributed by atoms with Crippen molar-refractivity contribution in [1.82, 2.24) is 0 Å². The smallest absolute Gasteiger partial charge is 0.218 e. The number of benzene rings is 6. The van der Waals surface area contributed by atoms with Crippen molar-refractivity contribution >= 4 is 29.7 Å². The van der Waals surface area contributed by atoms with Crippen molar-refractivity contribution in [3.8, 4) is 11.1 Å². The first-order valence-corrected chi connectivity index (χ1v) is 15.6. The van der Waals surface area contributed by atoms with E-state index >= 15 is 0 Å². The summed E-state index contributed by atoms with van der Waals surface area (Å²) in [7, 11) is -0.786. The summed E-state index contributed by atoms with van der Waals surface area (Å²) >= 11 is 0. The van der Waals surface area contributed by atoms with Gasteiger partial charge in [0.1, 0.15) is 6.04 Å². The molecule has 2 atom stereocenters. The van der Waals surface area contributed by atoms with E-state index in [9.17, 15) is 0 Å². The van der Waals surface area contributed by atoms with E-state index in [0.717, 1.165) is 22.3 Å². The van der Waals surface area contributed by atoms with E-state index in [2.05, 4.69) is 158 Å². The van der Waals surface area contributed by atoms with Crippen LogP contribution in [0.1, 0.15) is 28.8 Å². The zero-order chi connectivity index (χ0) is 28.1. The summed E-state index contributed by atoms with van der Waals surface area (Å²) in [6, 6.07) is 59.9. The molecular formula is C39H30NOP. The molecule has 1 aliphatic heterocycles. The Bertz CT molecular complexity index is 1760. The van der Waals surface area contributed by atoms with Crippen molar-refractivity contribution in [2.45, 2.75) is 12.1 Å². The molecule has 0 radical (unpaired) electrons. The minimum absolute atomic E-state index is 0.127. The first-order valence-electron chi connectivity index (χ1n) is 14.3. The van der Waals surface area contributed by atoms with Gasteiger partial charge in [-0.15, -0.1) is 0 Å². The Hall–Kier alpha value is -4.78. The highest BCUT2D eigenvalue weighted by Crippen LogP contribution is 2.43. The van der Waals surface area contributed by atoms with Crippen molar-refractivity contribution in [1.29, 1.82) is 0 Å². The highest BCUT2D eigenvalue weighted by atomic mass is 31.1. The molecule has 0 N–H and O–H groups in total. The minimum atomic E-state index is -0.786. The monoisotopic (exact) mass is 559 g/mol. The van der Waals surface area contributed by atoms with Gasteiger partial charge >= 0.3 is 0 Å². The Balaban J connectivity index is 1.36. The Morgan fingerprint density at radius 2 is 0.881 bits per heavy atom. The summed E-state index contributed by atoms with van der Waals surface area (Å²) in [6.07, 6.45) is -0.197. The Morgan fingerprint density at radius 3 is 1.48 bits per heavy atom. The molecule has 0 fully saturated rings. The highest BCUT2D eigenvalue weighted by molar-refractivity contribution is 7.80. The molecule has 6 aromatic carbocycles. The van der Waals surface area contributed by atoms with Crippen LogP contribution in [-0.2, 0) is 4.74 Å². The lowest BCUT2D eigenvalue weighted by Gasteiger charge is -2.23. The lowest BCUT2D eigenvalue weighted by atomic mass is 9.97. The van der Waals surface area contributed by atoms with Gasteiger partial charge in [0.05, 0.1) is 0 Å². The van der Waals surface area contributed by atoms with E-state index in [-0.39, 0.29) is 12.1 Å². The van der Waals surface area contributed by atoms with Gasteiger partial charge in [-0.05, 0) is 52.2 Å². The van der Waals surface area contributed by atoms with Crippen LogP contribution in [-0.4, -0.2) is 5.90 Å². The zero-order valence-corrected chi connectivity index (χ0v) is 24.0. The van der Waals surface area contributed by atoms with Crippen LogP contribution in [0.4, 0.5) is 0 Å². The number of rotatable bonds is 7.